The average Bonchev–Trinajstić information content (AvgIpc) is 2.92. The number of carbonyl (C=O) groups excluding carboxylic acids is 1. The van der Waals surface area contributed by atoms with E-state index in [-0.39, 0.29) is 12.0 Å². The predicted molar refractivity (Wildman–Crippen MR) is 90.7 cm³/mol. The van der Waals surface area contributed by atoms with Crippen LogP contribution in [0.3, 0.4) is 0 Å². The number of carbonyl (C=O) groups is 1. The molecule has 0 radical (unpaired) electrons. The zero-order valence-corrected chi connectivity index (χ0v) is 14.5. The van der Waals surface area contributed by atoms with Crippen LogP contribution in [0.1, 0.15) is 49.0 Å². The largest absolute Gasteiger partial charge is 0.466 e. The minimum atomic E-state index is -4.38. The van der Waals surface area contributed by atoms with Crippen LogP contribution in [-0.2, 0) is 22.1 Å². The fourth-order valence-corrected chi connectivity index (χ4v) is 4.33. The molecule has 140 valence electrons. The maximum absolute atomic E-state index is 13.0. The minimum Gasteiger partial charge on any atom is -0.466 e. The highest BCUT2D eigenvalue weighted by Crippen LogP contribution is 2.53. The number of aromatic amines is 1. The SMILES string of the molecule is CCOC(=O)C1(C2NCCc3c2[nH]c2cc(C(F)(F)F)ccc32)CCC1. The van der Waals surface area contributed by atoms with Gasteiger partial charge in [-0.25, -0.2) is 0 Å². The Bertz CT molecular complexity index is 852. The molecule has 4 rings (SSSR count). The summed E-state index contributed by atoms with van der Waals surface area (Å²) in [5.74, 6) is -0.216. The van der Waals surface area contributed by atoms with Crippen molar-refractivity contribution in [1.82, 2.24) is 10.3 Å². The molecule has 0 saturated heterocycles. The molecule has 2 aliphatic rings. The molecule has 0 spiro atoms. The summed E-state index contributed by atoms with van der Waals surface area (Å²) in [6, 6.07) is 3.56. The van der Waals surface area contributed by atoms with Crippen LogP contribution in [0.15, 0.2) is 18.2 Å². The number of hydrogen-bond donors (Lipinski definition) is 2. The fourth-order valence-electron chi connectivity index (χ4n) is 4.33. The minimum absolute atomic E-state index is 0.216. The summed E-state index contributed by atoms with van der Waals surface area (Å²) < 4.78 is 44.4. The molecule has 1 aromatic heterocycles. The molecule has 2 N–H and O–H groups in total. The van der Waals surface area contributed by atoms with Crippen molar-refractivity contribution in [2.45, 2.75) is 44.8 Å². The molecule has 2 aromatic rings. The topological polar surface area (TPSA) is 54.1 Å². The highest BCUT2D eigenvalue weighted by atomic mass is 19.4. The summed E-state index contributed by atoms with van der Waals surface area (Å²) in [5.41, 5.74) is 1.01. The Morgan fingerprint density at radius 3 is 2.73 bits per heavy atom. The quantitative estimate of drug-likeness (QED) is 0.804. The van der Waals surface area contributed by atoms with Gasteiger partial charge < -0.3 is 15.0 Å². The first kappa shape index (κ1) is 17.4. The Hall–Kier alpha value is -2.02. The van der Waals surface area contributed by atoms with Crippen LogP contribution in [0.4, 0.5) is 13.2 Å². The number of hydrogen-bond acceptors (Lipinski definition) is 3. The van der Waals surface area contributed by atoms with E-state index < -0.39 is 17.2 Å². The third kappa shape index (κ3) is 2.52. The van der Waals surface area contributed by atoms with Crippen molar-refractivity contribution in [3.05, 3.63) is 35.0 Å². The normalized spacial score (nSPS) is 21.9. The van der Waals surface area contributed by atoms with Crippen LogP contribution in [0.25, 0.3) is 10.9 Å². The number of nitrogens with one attached hydrogen (secondary N) is 2. The molecule has 0 bridgehead atoms. The zero-order valence-electron chi connectivity index (χ0n) is 14.5. The molecular weight excluding hydrogens is 345 g/mol. The number of esters is 1. The Labute approximate surface area is 149 Å². The Kier molecular flexibility index (Phi) is 4.02. The van der Waals surface area contributed by atoms with Crippen molar-refractivity contribution in [3.63, 3.8) is 0 Å². The monoisotopic (exact) mass is 366 g/mol. The lowest BCUT2D eigenvalue weighted by molar-refractivity contribution is -0.164. The third-order valence-electron chi connectivity index (χ3n) is 5.76. The van der Waals surface area contributed by atoms with Crippen molar-refractivity contribution in [2.75, 3.05) is 13.2 Å². The summed E-state index contributed by atoms with van der Waals surface area (Å²) in [6.07, 6.45) is -1.25. The van der Waals surface area contributed by atoms with Gasteiger partial charge in [0, 0.05) is 16.6 Å². The van der Waals surface area contributed by atoms with Gasteiger partial charge in [-0.05, 0) is 50.4 Å². The van der Waals surface area contributed by atoms with Crippen molar-refractivity contribution in [2.24, 2.45) is 5.41 Å². The number of benzene rings is 1. The number of halogens is 3. The lowest BCUT2D eigenvalue weighted by Gasteiger charge is -2.46. The van der Waals surface area contributed by atoms with Crippen LogP contribution < -0.4 is 5.32 Å². The smallest absolute Gasteiger partial charge is 0.416 e. The maximum Gasteiger partial charge on any atom is 0.416 e. The molecule has 1 aromatic carbocycles. The number of ether oxygens (including phenoxy) is 1. The first-order valence-electron chi connectivity index (χ1n) is 8.99. The third-order valence-corrected chi connectivity index (χ3v) is 5.76. The van der Waals surface area contributed by atoms with Crippen molar-refractivity contribution in [3.8, 4) is 0 Å². The van der Waals surface area contributed by atoms with Crippen LogP contribution >= 0.6 is 0 Å². The van der Waals surface area contributed by atoms with Crippen LogP contribution in [-0.4, -0.2) is 24.1 Å². The number of H-pyrrole nitrogens is 1. The van der Waals surface area contributed by atoms with Crippen LogP contribution in [0.5, 0.6) is 0 Å². The van der Waals surface area contributed by atoms with Gasteiger partial charge in [0.05, 0.1) is 23.6 Å². The predicted octanol–water partition coefficient (Wildman–Crippen LogP) is 4.11. The molecule has 1 aliphatic carbocycles. The lowest BCUT2D eigenvalue weighted by atomic mass is 9.62. The first-order chi connectivity index (χ1) is 12.4. The van der Waals surface area contributed by atoms with E-state index in [2.05, 4.69) is 10.3 Å². The summed E-state index contributed by atoms with van der Waals surface area (Å²) in [6.45, 7) is 2.79. The standard InChI is InChI=1S/C19H21F3N2O2/c1-2-26-17(25)18(7-3-8-18)16-15-13(6-9-23-16)12-5-4-11(19(20,21)22)10-14(12)24-15/h4-5,10,16,23-24H,2-3,6-9H2,1H3. The van der Waals surface area contributed by atoms with E-state index in [1.807, 2.05) is 0 Å². The van der Waals surface area contributed by atoms with Crippen LogP contribution in [0, 0.1) is 5.41 Å². The van der Waals surface area contributed by atoms with Gasteiger partial charge in [-0.1, -0.05) is 12.5 Å². The van der Waals surface area contributed by atoms with E-state index in [0.717, 1.165) is 54.5 Å². The average molecular weight is 366 g/mol. The highest BCUT2D eigenvalue weighted by molar-refractivity contribution is 5.87. The molecular formula is C19H21F3N2O2. The van der Waals surface area contributed by atoms with E-state index in [4.69, 9.17) is 4.74 Å². The Balaban J connectivity index is 1.80. The van der Waals surface area contributed by atoms with Gasteiger partial charge in [0.1, 0.15) is 0 Å². The van der Waals surface area contributed by atoms with E-state index >= 15 is 0 Å². The van der Waals surface area contributed by atoms with Crippen molar-refractivity contribution in [1.29, 1.82) is 0 Å². The number of fused-ring (bicyclic) bond motifs is 3. The van der Waals surface area contributed by atoms with E-state index in [9.17, 15) is 18.0 Å². The molecule has 0 amide bonds. The van der Waals surface area contributed by atoms with Gasteiger partial charge in [-0.2, -0.15) is 13.2 Å². The van der Waals surface area contributed by atoms with E-state index in [1.165, 1.54) is 6.07 Å². The number of rotatable bonds is 3. The van der Waals surface area contributed by atoms with Gasteiger partial charge in [-0.3, -0.25) is 4.79 Å². The van der Waals surface area contributed by atoms with Crippen molar-refractivity contribution >= 4 is 16.9 Å². The Morgan fingerprint density at radius 1 is 1.35 bits per heavy atom. The fraction of sp³-hybridized carbons (Fsp3) is 0.526. The molecule has 1 aliphatic heterocycles. The second-order valence-electron chi connectivity index (χ2n) is 7.14. The molecule has 7 heteroatoms. The molecule has 4 nitrogen and oxygen atoms in total. The second-order valence-corrected chi connectivity index (χ2v) is 7.14. The summed E-state index contributed by atoms with van der Waals surface area (Å²) in [7, 11) is 0. The van der Waals surface area contributed by atoms with Crippen LogP contribution in [0.2, 0.25) is 0 Å². The summed E-state index contributed by atoms with van der Waals surface area (Å²) in [4.78, 5) is 15.8. The highest BCUT2D eigenvalue weighted by Gasteiger charge is 2.53. The maximum atomic E-state index is 13.0. The molecule has 1 fully saturated rings. The molecule has 1 unspecified atom stereocenters. The van der Waals surface area contributed by atoms with E-state index in [1.54, 1.807) is 6.92 Å². The van der Waals surface area contributed by atoms with Crippen molar-refractivity contribution < 1.29 is 22.7 Å². The van der Waals surface area contributed by atoms with Gasteiger partial charge in [0.15, 0.2) is 0 Å². The van der Waals surface area contributed by atoms with Gasteiger partial charge in [0.25, 0.3) is 0 Å². The first-order valence-corrected chi connectivity index (χ1v) is 8.99. The number of alkyl halides is 3. The summed E-state index contributed by atoms with van der Waals surface area (Å²) in [5, 5.41) is 4.21. The zero-order chi connectivity index (χ0) is 18.5. The Morgan fingerprint density at radius 2 is 2.12 bits per heavy atom. The van der Waals surface area contributed by atoms with E-state index in [0.29, 0.717) is 18.7 Å². The second kappa shape index (κ2) is 6.01. The molecule has 26 heavy (non-hydrogen) atoms. The van der Waals surface area contributed by atoms with Gasteiger partial charge >= 0.3 is 12.1 Å². The summed E-state index contributed by atoms with van der Waals surface area (Å²) >= 11 is 0. The number of aromatic nitrogens is 1. The molecule has 1 saturated carbocycles. The lowest BCUT2D eigenvalue weighted by Crippen LogP contribution is -2.51. The van der Waals surface area contributed by atoms with Gasteiger partial charge in [0.2, 0.25) is 0 Å². The molecule has 2 heterocycles. The molecule has 1 atom stereocenters. The van der Waals surface area contributed by atoms with Gasteiger partial charge in [-0.15, -0.1) is 0 Å².